The van der Waals surface area contributed by atoms with Crippen molar-refractivity contribution in [2.24, 2.45) is 0 Å². The molecule has 2 aromatic carbocycles. The van der Waals surface area contributed by atoms with Crippen molar-refractivity contribution >= 4 is 28.7 Å². The van der Waals surface area contributed by atoms with Crippen molar-refractivity contribution in [2.45, 2.75) is 42.8 Å². The minimum atomic E-state index is 0.0231. The zero-order valence-corrected chi connectivity index (χ0v) is 16.2. The Hall–Kier alpha value is -2.31. The number of H-pyrrole nitrogens is 1. The maximum Gasteiger partial charge on any atom is 0.251 e. The summed E-state index contributed by atoms with van der Waals surface area (Å²) in [4.78, 5) is 20.8. The summed E-state index contributed by atoms with van der Waals surface area (Å²) in [6, 6.07) is 16.5. The van der Waals surface area contributed by atoms with Gasteiger partial charge in [-0.25, -0.2) is 4.98 Å². The summed E-state index contributed by atoms with van der Waals surface area (Å²) in [5.74, 6) is 0.723. The molecule has 1 amide bonds. The normalized spacial score (nSPS) is 19.9. The van der Waals surface area contributed by atoms with E-state index in [-0.39, 0.29) is 11.9 Å². The monoisotopic (exact) mass is 380 g/mol. The van der Waals surface area contributed by atoms with Gasteiger partial charge in [0.1, 0.15) is 0 Å². The Morgan fingerprint density at radius 1 is 1.22 bits per heavy atom. The van der Waals surface area contributed by atoms with Gasteiger partial charge < -0.3 is 15.6 Å². The lowest BCUT2D eigenvalue weighted by atomic mass is 9.99. The largest absolute Gasteiger partial charge is 0.349 e. The van der Waals surface area contributed by atoms with Gasteiger partial charge in [0.15, 0.2) is 5.16 Å². The van der Waals surface area contributed by atoms with Crippen LogP contribution in [0.4, 0.5) is 0 Å². The zero-order chi connectivity index (χ0) is 18.6. The Kier molecular flexibility index (Phi) is 5.45. The molecule has 0 aliphatic carbocycles. The van der Waals surface area contributed by atoms with Gasteiger partial charge in [-0.05, 0) is 50.1 Å². The predicted octanol–water partition coefficient (Wildman–Crippen LogP) is 3.73. The van der Waals surface area contributed by atoms with Crippen molar-refractivity contribution in [3.63, 3.8) is 0 Å². The van der Waals surface area contributed by atoms with E-state index in [4.69, 9.17) is 0 Å². The molecule has 5 nitrogen and oxygen atoms in total. The highest BCUT2D eigenvalue weighted by molar-refractivity contribution is 7.98. The average molecular weight is 381 g/mol. The predicted molar refractivity (Wildman–Crippen MR) is 110 cm³/mol. The maximum atomic E-state index is 12.8. The smallest absolute Gasteiger partial charge is 0.251 e. The fraction of sp³-hybridized carbons (Fsp3) is 0.333. The third-order valence-corrected chi connectivity index (χ3v) is 5.88. The van der Waals surface area contributed by atoms with E-state index < -0.39 is 0 Å². The van der Waals surface area contributed by atoms with E-state index in [1.54, 1.807) is 11.8 Å². The second-order valence-electron chi connectivity index (χ2n) is 7.05. The summed E-state index contributed by atoms with van der Waals surface area (Å²) in [7, 11) is 0. The highest BCUT2D eigenvalue weighted by Crippen LogP contribution is 2.25. The van der Waals surface area contributed by atoms with Crippen molar-refractivity contribution < 1.29 is 4.79 Å². The summed E-state index contributed by atoms with van der Waals surface area (Å²) in [6.45, 7) is 3.12. The van der Waals surface area contributed by atoms with Gasteiger partial charge >= 0.3 is 0 Å². The van der Waals surface area contributed by atoms with E-state index in [0.29, 0.717) is 11.8 Å². The van der Waals surface area contributed by atoms with E-state index >= 15 is 0 Å². The maximum absolute atomic E-state index is 12.8. The van der Waals surface area contributed by atoms with Gasteiger partial charge in [0.05, 0.1) is 11.0 Å². The molecule has 3 N–H and O–H groups in total. The quantitative estimate of drug-likeness (QED) is 0.590. The van der Waals surface area contributed by atoms with Gasteiger partial charge in [-0.3, -0.25) is 4.79 Å². The van der Waals surface area contributed by atoms with Gasteiger partial charge in [-0.2, -0.15) is 0 Å². The second-order valence-corrected chi connectivity index (χ2v) is 8.02. The molecule has 2 atom stereocenters. The number of hydrogen-bond donors (Lipinski definition) is 3. The number of carbonyl (C=O) groups is 1. The number of amides is 1. The van der Waals surface area contributed by atoms with Crippen molar-refractivity contribution in [1.29, 1.82) is 0 Å². The third kappa shape index (κ3) is 4.34. The Labute approximate surface area is 163 Å². The average Bonchev–Trinajstić information content (AvgIpc) is 3.09. The fourth-order valence-electron chi connectivity index (χ4n) is 3.54. The Morgan fingerprint density at radius 2 is 2.04 bits per heavy atom. The standard InChI is InChI=1S/C21H24N4OS/c1-14-12-16(10-11-22-14)23-20(26)17-7-3-2-6-15(17)13-27-21-24-18-8-4-5-9-19(18)25-21/h2-9,14,16,22H,10-13H2,1H3,(H,23,26)(H,24,25). The molecule has 1 aliphatic rings. The van der Waals surface area contributed by atoms with Crippen LogP contribution in [0.25, 0.3) is 11.0 Å². The molecule has 2 unspecified atom stereocenters. The zero-order valence-electron chi connectivity index (χ0n) is 15.4. The molecule has 2 heterocycles. The van der Waals surface area contributed by atoms with Crippen LogP contribution >= 0.6 is 11.8 Å². The van der Waals surface area contributed by atoms with Crippen LogP contribution in [0.2, 0.25) is 0 Å². The molecule has 4 rings (SSSR count). The number of carbonyl (C=O) groups excluding carboxylic acids is 1. The lowest BCUT2D eigenvalue weighted by Gasteiger charge is -2.28. The first-order chi connectivity index (χ1) is 13.2. The van der Waals surface area contributed by atoms with Crippen LogP contribution in [0.3, 0.4) is 0 Å². The summed E-state index contributed by atoms with van der Waals surface area (Å²) in [6.07, 6.45) is 1.95. The molecule has 1 saturated heterocycles. The van der Waals surface area contributed by atoms with E-state index in [1.807, 2.05) is 48.5 Å². The van der Waals surface area contributed by atoms with Crippen LogP contribution in [0.15, 0.2) is 53.7 Å². The third-order valence-electron chi connectivity index (χ3n) is 4.95. The number of nitrogens with one attached hydrogen (secondary N) is 3. The molecule has 1 fully saturated rings. The lowest BCUT2D eigenvalue weighted by molar-refractivity contribution is 0.0925. The SMILES string of the molecule is CC1CC(NC(=O)c2ccccc2CSc2nc3ccccc3[nH]2)CCN1. The fourth-order valence-corrected chi connectivity index (χ4v) is 4.43. The number of aromatic nitrogens is 2. The number of thioether (sulfide) groups is 1. The molecular weight excluding hydrogens is 356 g/mol. The van der Waals surface area contributed by atoms with Crippen LogP contribution in [-0.2, 0) is 5.75 Å². The van der Waals surface area contributed by atoms with Crippen molar-refractivity contribution in [2.75, 3.05) is 6.54 Å². The first-order valence-electron chi connectivity index (χ1n) is 9.39. The van der Waals surface area contributed by atoms with Crippen molar-refractivity contribution in [1.82, 2.24) is 20.6 Å². The van der Waals surface area contributed by atoms with Crippen LogP contribution in [0.5, 0.6) is 0 Å². The van der Waals surface area contributed by atoms with Crippen molar-refractivity contribution in [3.05, 3.63) is 59.7 Å². The Balaban J connectivity index is 1.44. The van der Waals surface area contributed by atoms with Gasteiger partial charge in [0, 0.05) is 23.4 Å². The highest BCUT2D eigenvalue weighted by Gasteiger charge is 2.21. The van der Waals surface area contributed by atoms with Gasteiger partial charge in [0.25, 0.3) is 5.91 Å². The Morgan fingerprint density at radius 3 is 2.89 bits per heavy atom. The van der Waals surface area contributed by atoms with E-state index in [0.717, 1.165) is 46.7 Å². The molecule has 0 saturated carbocycles. The van der Waals surface area contributed by atoms with Crippen LogP contribution in [0, 0.1) is 0 Å². The summed E-state index contributed by atoms with van der Waals surface area (Å²) < 4.78 is 0. The number of fused-ring (bicyclic) bond motifs is 1. The molecule has 0 bridgehead atoms. The molecule has 140 valence electrons. The first-order valence-corrected chi connectivity index (χ1v) is 10.4. The number of imidazole rings is 1. The van der Waals surface area contributed by atoms with Gasteiger partial charge in [0.2, 0.25) is 0 Å². The summed E-state index contributed by atoms with van der Waals surface area (Å²) in [5.41, 5.74) is 3.78. The van der Waals surface area contributed by atoms with E-state index in [2.05, 4.69) is 27.5 Å². The molecular formula is C21H24N4OS. The van der Waals surface area contributed by atoms with Crippen LogP contribution < -0.4 is 10.6 Å². The number of aromatic amines is 1. The van der Waals surface area contributed by atoms with Crippen LogP contribution in [0.1, 0.15) is 35.7 Å². The minimum Gasteiger partial charge on any atom is -0.349 e. The molecule has 3 aromatic rings. The lowest BCUT2D eigenvalue weighted by Crippen LogP contribution is -2.46. The van der Waals surface area contributed by atoms with Crippen LogP contribution in [-0.4, -0.2) is 34.5 Å². The summed E-state index contributed by atoms with van der Waals surface area (Å²) >= 11 is 1.62. The molecule has 0 radical (unpaired) electrons. The minimum absolute atomic E-state index is 0.0231. The second kappa shape index (κ2) is 8.15. The number of nitrogens with zero attached hydrogens (tertiary/aromatic N) is 1. The molecule has 27 heavy (non-hydrogen) atoms. The number of para-hydroxylation sites is 2. The van der Waals surface area contributed by atoms with Gasteiger partial charge in [-0.1, -0.05) is 42.1 Å². The number of benzene rings is 2. The van der Waals surface area contributed by atoms with Gasteiger partial charge in [-0.15, -0.1) is 0 Å². The Bertz CT molecular complexity index is 906. The number of piperidine rings is 1. The van der Waals surface area contributed by atoms with E-state index in [9.17, 15) is 4.79 Å². The topological polar surface area (TPSA) is 69.8 Å². The number of hydrogen-bond acceptors (Lipinski definition) is 4. The molecule has 0 spiro atoms. The highest BCUT2D eigenvalue weighted by atomic mass is 32.2. The first kappa shape index (κ1) is 18.1. The number of rotatable bonds is 5. The molecule has 1 aliphatic heterocycles. The molecule has 1 aromatic heterocycles. The van der Waals surface area contributed by atoms with E-state index in [1.165, 1.54) is 0 Å². The molecule has 6 heteroatoms. The summed E-state index contributed by atoms with van der Waals surface area (Å²) in [5, 5.41) is 7.51. The van der Waals surface area contributed by atoms with Crippen molar-refractivity contribution in [3.8, 4) is 0 Å².